The number of H-pyrrole nitrogens is 1. The summed E-state index contributed by atoms with van der Waals surface area (Å²) in [5, 5.41) is 15.2. The monoisotopic (exact) mass is 294 g/mol. The minimum Gasteiger partial charge on any atom is -0.378 e. The van der Waals surface area contributed by atoms with Gasteiger partial charge in [0.15, 0.2) is 11.2 Å². The van der Waals surface area contributed by atoms with Crippen LogP contribution in [0, 0.1) is 6.92 Å². The predicted octanol–water partition coefficient (Wildman–Crippen LogP) is -0.158. The molecule has 3 unspecified atom stereocenters. The molecule has 2 aromatic rings. The highest BCUT2D eigenvalue weighted by atomic mass is 32.2. The Kier molecular flexibility index (Phi) is 3.98. The number of nitrogens with zero attached hydrogens (tertiary/aromatic N) is 1. The summed E-state index contributed by atoms with van der Waals surface area (Å²) < 4.78 is 2.17. The van der Waals surface area contributed by atoms with E-state index in [1.165, 1.54) is 11.4 Å². The van der Waals surface area contributed by atoms with Gasteiger partial charge in [-0.2, -0.15) is 0 Å². The number of pyridine rings is 1. The molecule has 5 N–H and O–H groups in total. The van der Waals surface area contributed by atoms with Crippen molar-refractivity contribution in [2.45, 2.75) is 43.8 Å². The summed E-state index contributed by atoms with van der Waals surface area (Å²) >= 11 is 1.81. The molecule has 3 atom stereocenters. The average molecular weight is 294 g/mol. The maximum Gasteiger partial charge on any atom is 0.284 e. The zero-order valence-corrected chi connectivity index (χ0v) is 12.7. The topological polar surface area (TPSA) is 68.8 Å². The van der Waals surface area contributed by atoms with Crippen molar-refractivity contribution in [3.8, 4) is 0 Å². The standard InChI is InChI=1S/C14H20N4OS/c1-9-6-13(19)17-14(15-9)20-8-11-7-18-10(2)4-3-5-12(18)16-11/h3-5,7,9,13-15,17,19H,6,8H2,1-2H3/p+2. The Bertz CT molecular complexity index is 590. The van der Waals surface area contributed by atoms with Gasteiger partial charge in [0.2, 0.25) is 0 Å². The summed E-state index contributed by atoms with van der Waals surface area (Å²) in [6, 6.07) is 6.71. The smallest absolute Gasteiger partial charge is 0.284 e. The first-order chi connectivity index (χ1) is 9.61. The third-order valence-electron chi connectivity index (χ3n) is 3.68. The summed E-state index contributed by atoms with van der Waals surface area (Å²) in [6.45, 7) is 4.26. The van der Waals surface area contributed by atoms with Gasteiger partial charge in [0, 0.05) is 12.5 Å². The summed E-state index contributed by atoms with van der Waals surface area (Å²) in [5.74, 6) is 0.898. The number of aromatic nitrogens is 2. The van der Waals surface area contributed by atoms with Crippen LogP contribution in [0.15, 0.2) is 24.4 Å². The van der Waals surface area contributed by atoms with Gasteiger partial charge >= 0.3 is 0 Å². The fourth-order valence-electron chi connectivity index (χ4n) is 2.65. The van der Waals surface area contributed by atoms with E-state index in [1.807, 2.05) is 11.8 Å². The molecule has 6 heteroatoms. The zero-order valence-electron chi connectivity index (χ0n) is 11.8. The number of hydrogen-bond donors (Lipinski definition) is 4. The van der Waals surface area contributed by atoms with Crippen LogP contribution in [0.1, 0.15) is 24.7 Å². The van der Waals surface area contributed by atoms with E-state index in [4.69, 9.17) is 0 Å². The number of aromatic amines is 1. The first-order valence-electron chi connectivity index (χ1n) is 7.01. The van der Waals surface area contributed by atoms with Crippen molar-refractivity contribution in [2.24, 2.45) is 0 Å². The molecule has 0 bridgehead atoms. The summed E-state index contributed by atoms with van der Waals surface area (Å²) in [7, 11) is 0. The highest BCUT2D eigenvalue weighted by Gasteiger charge is 2.27. The number of aliphatic hydroxyl groups excluding tert-OH is 1. The Morgan fingerprint density at radius 3 is 3.10 bits per heavy atom. The average Bonchev–Trinajstić information content (AvgIpc) is 2.80. The molecule has 0 aromatic carbocycles. The molecule has 0 aliphatic carbocycles. The maximum atomic E-state index is 9.74. The molecule has 2 aromatic heterocycles. The van der Waals surface area contributed by atoms with Crippen molar-refractivity contribution in [1.82, 2.24) is 10.3 Å². The molecule has 3 heterocycles. The quantitative estimate of drug-likeness (QED) is 0.595. The Morgan fingerprint density at radius 1 is 1.50 bits per heavy atom. The molecular weight excluding hydrogens is 272 g/mol. The van der Waals surface area contributed by atoms with Crippen LogP contribution >= 0.6 is 11.8 Å². The van der Waals surface area contributed by atoms with Crippen LogP contribution in [0.3, 0.4) is 0 Å². The Balaban J connectivity index is 1.66. The van der Waals surface area contributed by atoms with Crippen LogP contribution in [-0.4, -0.2) is 27.9 Å². The fourth-order valence-corrected chi connectivity index (χ4v) is 3.79. The highest BCUT2D eigenvalue weighted by molar-refractivity contribution is 7.98. The van der Waals surface area contributed by atoms with Crippen LogP contribution in [0.4, 0.5) is 0 Å². The number of aryl methyl sites for hydroxylation is 1. The second-order valence-electron chi connectivity index (χ2n) is 5.52. The lowest BCUT2D eigenvalue weighted by molar-refractivity contribution is -0.714. The molecule has 0 radical (unpaired) electrons. The van der Waals surface area contributed by atoms with E-state index in [9.17, 15) is 5.11 Å². The number of thioether (sulfide) groups is 1. The third kappa shape index (κ3) is 2.98. The van der Waals surface area contributed by atoms with E-state index in [0.717, 1.165) is 17.8 Å². The molecule has 5 nitrogen and oxygen atoms in total. The highest BCUT2D eigenvalue weighted by Crippen LogP contribution is 2.14. The second-order valence-corrected chi connectivity index (χ2v) is 6.65. The zero-order chi connectivity index (χ0) is 14.1. The van der Waals surface area contributed by atoms with Gasteiger partial charge in [0.25, 0.3) is 5.65 Å². The number of imidazole rings is 1. The van der Waals surface area contributed by atoms with Crippen LogP contribution in [0.5, 0.6) is 0 Å². The van der Waals surface area contributed by atoms with Gasteiger partial charge in [0.05, 0.1) is 11.8 Å². The molecule has 108 valence electrons. The largest absolute Gasteiger partial charge is 0.378 e. The van der Waals surface area contributed by atoms with E-state index in [1.54, 1.807) is 0 Å². The third-order valence-corrected chi connectivity index (χ3v) is 4.81. The molecular formula is C14H22N4OS+2. The molecule has 0 amide bonds. The Labute approximate surface area is 122 Å². The Morgan fingerprint density at radius 2 is 2.35 bits per heavy atom. The fraction of sp³-hybridized carbons (Fsp3) is 0.500. The van der Waals surface area contributed by atoms with Crippen LogP contribution < -0.4 is 15.0 Å². The van der Waals surface area contributed by atoms with E-state index >= 15 is 0 Å². The van der Waals surface area contributed by atoms with Crippen molar-refractivity contribution in [1.29, 1.82) is 0 Å². The number of nitrogens with one attached hydrogen (secondary N) is 2. The van der Waals surface area contributed by atoms with Gasteiger partial charge in [-0.15, -0.1) is 0 Å². The maximum absolute atomic E-state index is 9.74. The van der Waals surface area contributed by atoms with Crippen molar-refractivity contribution in [3.05, 3.63) is 35.8 Å². The summed E-state index contributed by atoms with van der Waals surface area (Å²) in [5.41, 5.74) is 3.76. The SMILES string of the molecule is Cc1cccc2[nH]c(CSC3NC(O)CC(C)[NH2+]3)c[n+]12. The first-order valence-corrected chi connectivity index (χ1v) is 8.06. The van der Waals surface area contributed by atoms with Crippen LogP contribution in [0.2, 0.25) is 0 Å². The number of rotatable bonds is 3. The molecule has 1 aliphatic rings. The van der Waals surface area contributed by atoms with Gasteiger partial charge in [-0.05, 0) is 19.9 Å². The van der Waals surface area contributed by atoms with Crippen molar-refractivity contribution in [2.75, 3.05) is 0 Å². The molecule has 0 spiro atoms. The molecule has 0 saturated carbocycles. The lowest BCUT2D eigenvalue weighted by atomic mass is 10.2. The minimum atomic E-state index is -0.383. The van der Waals surface area contributed by atoms with E-state index in [0.29, 0.717) is 6.04 Å². The lowest BCUT2D eigenvalue weighted by Gasteiger charge is -2.29. The first kappa shape index (κ1) is 13.9. The Hall–Kier alpha value is -1.08. The minimum absolute atomic E-state index is 0.214. The van der Waals surface area contributed by atoms with Crippen molar-refractivity contribution < 1.29 is 14.8 Å². The number of aliphatic hydroxyl groups is 1. The number of nitrogens with two attached hydrogens (primary N) is 1. The van der Waals surface area contributed by atoms with Gasteiger partial charge in [0.1, 0.15) is 18.1 Å². The van der Waals surface area contributed by atoms with Gasteiger partial charge in [-0.1, -0.05) is 17.8 Å². The number of fused-ring (bicyclic) bond motifs is 1. The van der Waals surface area contributed by atoms with E-state index in [2.05, 4.69) is 58.3 Å². The predicted molar refractivity (Wildman–Crippen MR) is 78.9 cm³/mol. The normalized spacial score (nSPS) is 27.1. The summed E-state index contributed by atoms with van der Waals surface area (Å²) in [6.07, 6.45) is 2.57. The van der Waals surface area contributed by atoms with Crippen LogP contribution in [0.25, 0.3) is 5.65 Å². The van der Waals surface area contributed by atoms with E-state index < -0.39 is 0 Å². The van der Waals surface area contributed by atoms with Crippen LogP contribution in [-0.2, 0) is 5.75 Å². The lowest BCUT2D eigenvalue weighted by Crippen LogP contribution is -2.99. The van der Waals surface area contributed by atoms with Crippen molar-refractivity contribution >= 4 is 17.4 Å². The molecule has 1 saturated heterocycles. The molecule has 3 rings (SSSR count). The molecule has 20 heavy (non-hydrogen) atoms. The van der Waals surface area contributed by atoms with E-state index in [-0.39, 0.29) is 11.7 Å². The second kappa shape index (κ2) is 5.73. The molecule has 1 fully saturated rings. The van der Waals surface area contributed by atoms with Crippen molar-refractivity contribution in [3.63, 3.8) is 0 Å². The van der Waals surface area contributed by atoms with Gasteiger partial charge in [-0.25, -0.2) is 14.7 Å². The number of quaternary nitrogens is 1. The number of hydrogen-bond acceptors (Lipinski definition) is 3. The van der Waals surface area contributed by atoms with Gasteiger partial charge < -0.3 is 10.4 Å². The molecule has 1 aliphatic heterocycles. The van der Waals surface area contributed by atoms with Gasteiger partial charge in [-0.3, -0.25) is 0 Å². The summed E-state index contributed by atoms with van der Waals surface area (Å²) in [4.78, 5) is 3.44.